The molecule has 0 aromatic carbocycles. The molecule has 0 saturated heterocycles. The Hall–Kier alpha value is 0.600. The lowest BCUT2D eigenvalue weighted by Gasteiger charge is -2.37. The van der Waals surface area contributed by atoms with Gasteiger partial charge in [-0.05, 0) is 27.7 Å². The second-order valence-electron chi connectivity index (χ2n) is 5.61. The highest BCUT2D eigenvalue weighted by atomic mass is 31.2. The van der Waals surface area contributed by atoms with Crippen LogP contribution in [0.15, 0.2) is 11.6 Å². The van der Waals surface area contributed by atoms with Crippen LogP contribution < -0.4 is 0 Å². The molecule has 0 heterocycles. The molecule has 0 aromatic rings. The van der Waals surface area contributed by atoms with Crippen LogP contribution in [0.1, 0.15) is 55.4 Å². The van der Waals surface area contributed by atoms with Crippen LogP contribution in [-0.2, 0) is 0 Å². The van der Waals surface area contributed by atoms with Crippen molar-refractivity contribution in [3.63, 3.8) is 0 Å². The van der Waals surface area contributed by atoms with Crippen molar-refractivity contribution in [2.45, 2.75) is 78.0 Å². The monoisotopic (exact) mass is 260 g/mol. The zero-order valence-electron chi connectivity index (χ0n) is 12.4. The number of rotatable bonds is 6. The van der Waals surface area contributed by atoms with E-state index in [4.69, 9.17) is 0 Å². The third-order valence-electron chi connectivity index (χ3n) is 2.82. The molecule has 0 aliphatic carbocycles. The summed E-state index contributed by atoms with van der Waals surface area (Å²) >= 11 is 0. The molecule has 0 rings (SSSR count). The van der Waals surface area contributed by atoms with Gasteiger partial charge >= 0.3 is 0 Å². The summed E-state index contributed by atoms with van der Waals surface area (Å²) in [7, 11) is -0.0195. The molecule has 0 bridgehead atoms. The van der Waals surface area contributed by atoms with Crippen LogP contribution in [0.2, 0.25) is 0 Å². The van der Waals surface area contributed by atoms with Crippen molar-refractivity contribution in [3.05, 3.63) is 11.6 Å². The predicted molar refractivity (Wildman–Crippen MR) is 83.5 cm³/mol. The van der Waals surface area contributed by atoms with E-state index in [1.54, 1.807) is 5.06 Å². The summed E-state index contributed by atoms with van der Waals surface area (Å²) in [4.78, 5) is 0. The van der Waals surface area contributed by atoms with E-state index >= 15 is 0 Å². The normalized spacial score (nSPS) is 12.9. The Morgan fingerprint density at radius 1 is 0.625 bits per heavy atom. The van der Waals surface area contributed by atoms with E-state index in [1.807, 2.05) is 0 Å². The van der Waals surface area contributed by atoms with E-state index in [0.717, 1.165) is 22.6 Å². The van der Waals surface area contributed by atoms with Gasteiger partial charge in [0.05, 0.1) is 0 Å². The van der Waals surface area contributed by atoms with Crippen LogP contribution >= 0.6 is 15.8 Å². The number of hydrogen-bond donors (Lipinski definition) is 0. The molecule has 0 atom stereocenters. The van der Waals surface area contributed by atoms with Crippen molar-refractivity contribution in [1.82, 2.24) is 0 Å². The lowest BCUT2D eigenvalue weighted by molar-refractivity contribution is 1.00. The molecule has 0 aliphatic heterocycles. The molecule has 0 radical (unpaired) electrons. The summed E-state index contributed by atoms with van der Waals surface area (Å²) in [5, 5.41) is 1.61. The SMILES string of the molecule is C=C(P(C(C)C)C(C)C)P(C(C)C)C(C)C. The van der Waals surface area contributed by atoms with Gasteiger partial charge in [-0.15, -0.1) is 0 Å². The Bertz CT molecular complexity index is 179. The Labute approximate surface area is 106 Å². The minimum absolute atomic E-state index is 0.00977. The highest BCUT2D eigenvalue weighted by Crippen LogP contribution is 2.68. The minimum Gasteiger partial charge on any atom is -0.0908 e. The van der Waals surface area contributed by atoms with Gasteiger partial charge in [0.2, 0.25) is 0 Å². The Morgan fingerprint density at radius 3 is 0.938 bits per heavy atom. The molecule has 0 spiro atoms. The molecule has 16 heavy (non-hydrogen) atoms. The second-order valence-corrected chi connectivity index (χ2v) is 12.8. The maximum absolute atomic E-state index is 4.50. The Kier molecular flexibility index (Phi) is 7.39. The van der Waals surface area contributed by atoms with Crippen LogP contribution in [0.3, 0.4) is 0 Å². The van der Waals surface area contributed by atoms with Crippen LogP contribution in [0.25, 0.3) is 0 Å². The highest BCUT2D eigenvalue weighted by Gasteiger charge is 2.28. The van der Waals surface area contributed by atoms with Crippen molar-refractivity contribution in [1.29, 1.82) is 0 Å². The van der Waals surface area contributed by atoms with Gasteiger partial charge in [0.25, 0.3) is 0 Å². The Balaban J connectivity index is 4.96. The van der Waals surface area contributed by atoms with Gasteiger partial charge < -0.3 is 0 Å². The average Bonchev–Trinajstić information content (AvgIpc) is 1.99. The smallest absolute Gasteiger partial charge is 0.0223 e. The minimum atomic E-state index is -0.00977. The fourth-order valence-corrected chi connectivity index (χ4v) is 11.1. The van der Waals surface area contributed by atoms with Crippen LogP contribution in [-0.4, -0.2) is 22.6 Å². The van der Waals surface area contributed by atoms with Crippen molar-refractivity contribution in [2.24, 2.45) is 0 Å². The zero-order valence-corrected chi connectivity index (χ0v) is 14.2. The molecule has 0 saturated carbocycles. The van der Waals surface area contributed by atoms with E-state index < -0.39 is 0 Å². The van der Waals surface area contributed by atoms with Crippen LogP contribution in [0, 0.1) is 0 Å². The molecule has 2 heteroatoms. The van der Waals surface area contributed by atoms with Crippen LogP contribution in [0.4, 0.5) is 0 Å². The fraction of sp³-hybridized carbons (Fsp3) is 0.857. The molecule has 0 fully saturated rings. The first kappa shape index (κ1) is 16.6. The van der Waals surface area contributed by atoms with Crippen LogP contribution in [0.5, 0.6) is 0 Å². The third-order valence-corrected chi connectivity index (χ3v) is 9.85. The van der Waals surface area contributed by atoms with Gasteiger partial charge in [0.1, 0.15) is 0 Å². The third kappa shape index (κ3) is 4.46. The first-order chi connectivity index (χ1) is 7.20. The summed E-state index contributed by atoms with van der Waals surface area (Å²) in [6.07, 6.45) is 0. The van der Waals surface area contributed by atoms with Gasteiger partial charge in [-0.3, -0.25) is 0 Å². The van der Waals surface area contributed by atoms with E-state index in [1.165, 1.54) is 0 Å². The summed E-state index contributed by atoms with van der Waals surface area (Å²) in [5.74, 6) is 0. The lowest BCUT2D eigenvalue weighted by atomic mass is 10.5. The maximum Gasteiger partial charge on any atom is -0.0223 e. The van der Waals surface area contributed by atoms with Gasteiger partial charge in [-0.2, -0.15) is 0 Å². The lowest BCUT2D eigenvalue weighted by Crippen LogP contribution is -2.10. The van der Waals surface area contributed by atoms with Crippen molar-refractivity contribution in [2.75, 3.05) is 0 Å². The fourth-order valence-electron chi connectivity index (χ4n) is 2.52. The van der Waals surface area contributed by atoms with Crippen molar-refractivity contribution >= 4 is 15.8 Å². The standard InChI is InChI=1S/C14H30P2/c1-10(2)15(11(3)4)14(9)16(12(5)6)13(7)8/h10-13H,9H2,1-8H3. The topological polar surface area (TPSA) is 0 Å². The molecular weight excluding hydrogens is 230 g/mol. The molecule has 0 nitrogen and oxygen atoms in total. The second kappa shape index (κ2) is 7.13. The first-order valence-corrected chi connectivity index (χ1v) is 9.41. The molecular formula is C14H30P2. The van der Waals surface area contributed by atoms with E-state index in [0.29, 0.717) is 0 Å². The van der Waals surface area contributed by atoms with Gasteiger partial charge in [-0.1, -0.05) is 77.8 Å². The van der Waals surface area contributed by atoms with Crippen molar-refractivity contribution < 1.29 is 0 Å². The van der Waals surface area contributed by atoms with Gasteiger partial charge in [0.15, 0.2) is 0 Å². The molecule has 0 aliphatic rings. The zero-order chi connectivity index (χ0) is 13.0. The highest BCUT2D eigenvalue weighted by molar-refractivity contribution is 7.82. The summed E-state index contributed by atoms with van der Waals surface area (Å²) in [6.45, 7) is 23.4. The quantitative estimate of drug-likeness (QED) is 0.509. The van der Waals surface area contributed by atoms with E-state index in [9.17, 15) is 0 Å². The predicted octanol–water partition coefficient (Wildman–Crippen LogP) is 6.06. The molecule has 0 aromatic heterocycles. The molecule has 96 valence electrons. The maximum atomic E-state index is 4.50. The van der Waals surface area contributed by atoms with Gasteiger partial charge in [0, 0.05) is 0 Å². The van der Waals surface area contributed by atoms with Crippen molar-refractivity contribution in [3.8, 4) is 0 Å². The van der Waals surface area contributed by atoms with E-state index in [2.05, 4.69) is 62.0 Å². The number of hydrogen-bond acceptors (Lipinski definition) is 0. The summed E-state index contributed by atoms with van der Waals surface area (Å²) in [5.41, 5.74) is 3.13. The molecule has 0 N–H and O–H groups in total. The first-order valence-electron chi connectivity index (χ1n) is 6.45. The average molecular weight is 260 g/mol. The summed E-state index contributed by atoms with van der Waals surface area (Å²) in [6, 6.07) is 0. The van der Waals surface area contributed by atoms with E-state index in [-0.39, 0.29) is 15.8 Å². The molecule has 0 amide bonds. The molecule has 0 unspecified atom stereocenters. The summed E-state index contributed by atoms with van der Waals surface area (Å²) < 4.78 is 0. The largest absolute Gasteiger partial charge is 0.0908 e. The van der Waals surface area contributed by atoms with Gasteiger partial charge in [-0.25, -0.2) is 0 Å². The Morgan fingerprint density at radius 2 is 0.812 bits per heavy atom.